The number of anilines is 1. The molecule has 0 saturated carbocycles. The second kappa shape index (κ2) is 9.73. The first-order valence-electron chi connectivity index (χ1n) is 13.0. The number of carbonyl (C=O) groups is 2. The zero-order valence-corrected chi connectivity index (χ0v) is 20.9. The molecule has 188 valence electrons. The van der Waals surface area contributed by atoms with Gasteiger partial charge >= 0.3 is 0 Å². The van der Waals surface area contributed by atoms with Crippen LogP contribution in [0.1, 0.15) is 52.0 Å². The molecular formula is C30H31N5O2. The molecule has 2 amide bonds. The minimum atomic E-state index is -0.124. The van der Waals surface area contributed by atoms with Gasteiger partial charge in [0.15, 0.2) is 0 Å². The number of fused-ring (bicyclic) bond motifs is 3. The maximum Gasteiger partial charge on any atom is 0.253 e. The molecule has 2 fully saturated rings. The summed E-state index contributed by atoms with van der Waals surface area (Å²) in [5, 5.41) is 7.26. The molecule has 7 nitrogen and oxygen atoms in total. The first-order chi connectivity index (χ1) is 18.1. The summed E-state index contributed by atoms with van der Waals surface area (Å²) >= 11 is 0. The standard InChI is InChI=1S/C30H31N5O2/c1-34-15-14-25-26(8-5-9-27(25)34)30(37)33-22-16-23-11-12-24(17-22)35(23)28-13-10-21(19-31-28)29(36)32-18-20-6-3-2-4-7-20/h2-10,13-15,19,22-24H,11-12,16-18H2,1H3,(H,32,36)(H,33,37)/t22-,23+,24-. The summed E-state index contributed by atoms with van der Waals surface area (Å²) in [6.45, 7) is 0.490. The molecule has 0 unspecified atom stereocenters. The van der Waals surface area contributed by atoms with Gasteiger partial charge in [0.05, 0.1) is 5.56 Å². The number of carbonyl (C=O) groups excluding carboxylic acids is 2. The van der Waals surface area contributed by atoms with Gasteiger partial charge in [0.25, 0.3) is 11.8 Å². The molecule has 2 aliphatic rings. The monoisotopic (exact) mass is 493 g/mol. The Bertz CT molecular complexity index is 1420. The van der Waals surface area contributed by atoms with Crippen LogP contribution < -0.4 is 15.5 Å². The summed E-state index contributed by atoms with van der Waals surface area (Å²) in [7, 11) is 2.00. The van der Waals surface area contributed by atoms with Crippen molar-refractivity contribution in [2.75, 3.05) is 4.90 Å². The number of aryl methyl sites for hydroxylation is 1. The molecule has 0 radical (unpaired) electrons. The highest BCUT2D eigenvalue weighted by atomic mass is 16.2. The number of hydrogen-bond acceptors (Lipinski definition) is 4. The van der Waals surface area contributed by atoms with Gasteiger partial charge in [-0.25, -0.2) is 4.98 Å². The third-order valence-corrected chi connectivity index (χ3v) is 7.81. The highest BCUT2D eigenvalue weighted by molar-refractivity contribution is 6.06. The largest absolute Gasteiger partial charge is 0.351 e. The Balaban J connectivity index is 1.09. The van der Waals surface area contributed by atoms with Crippen molar-refractivity contribution in [1.82, 2.24) is 20.2 Å². The van der Waals surface area contributed by atoms with Crippen LogP contribution in [0.5, 0.6) is 0 Å². The summed E-state index contributed by atoms with van der Waals surface area (Å²) < 4.78 is 2.04. The van der Waals surface area contributed by atoms with E-state index in [4.69, 9.17) is 0 Å². The molecule has 2 aromatic heterocycles. The van der Waals surface area contributed by atoms with E-state index in [-0.39, 0.29) is 17.9 Å². The van der Waals surface area contributed by atoms with Crippen molar-refractivity contribution in [1.29, 1.82) is 0 Å². The van der Waals surface area contributed by atoms with Crippen molar-refractivity contribution in [3.05, 3.63) is 95.8 Å². The number of nitrogens with one attached hydrogen (secondary N) is 2. The average molecular weight is 494 g/mol. The van der Waals surface area contributed by atoms with Crippen LogP contribution in [0.15, 0.2) is 79.1 Å². The van der Waals surface area contributed by atoms with Crippen LogP contribution in [0.4, 0.5) is 5.82 Å². The number of benzene rings is 2. The van der Waals surface area contributed by atoms with Crippen molar-refractivity contribution >= 4 is 28.5 Å². The molecule has 4 heterocycles. The number of amides is 2. The molecular weight excluding hydrogens is 462 g/mol. The molecule has 2 aromatic carbocycles. The minimum absolute atomic E-state index is 0.00126. The van der Waals surface area contributed by atoms with Crippen LogP contribution >= 0.6 is 0 Å². The number of rotatable bonds is 6. The average Bonchev–Trinajstić information content (AvgIpc) is 3.44. The molecule has 2 bridgehead atoms. The number of hydrogen-bond donors (Lipinski definition) is 2. The van der Waals surface area contributed by atoms with E-state index < -0.39 is 0 Å². The number of pyridine rings is 1. The Labute approximate surface area is 216 Å². The third kappa shape index (κ3) is 4.57. The Morgan fingerprint density at radius 2 is 1.70 bits per heavy atom. The molecule has 2 aliphatic heterocycles. The smallest absolute Gasteiger partial charge is 0.253 e. The van der Waals surface area contributed by atoms with Crippen molar-refractivity contribution in [2.45, 2.75) is 50.4 Å². The van der Waals surface area contributed by atoms with Gasteiger partial charge < -0.3 is 20.1 Å². The highest BCUT2D eigenvalue weighted by Crippen LogP contribution is 2.38. The zero-order valence-electron chi connectivity index (χ0n) is 20.9. The summed E-state index contributed by atoms with van der Waals surface area (Å²) in [6, 6.07) is 22.4. The van der Waals surface area contributed by atoms with Gasteiger partial charge in [-0.1, -0.05) is 36.4 Å². The van der Waals surface area contributed by atoms with Gasteiger partial charge in [0, 0.05) is 60.6 Å². The van der Waals surface area contributed by atoms with Crippen LogP contribution in [-0.2, 0) is 13.6 Å². The van der Waals surface area contributed by atoms with Crippen LogP contribution in [0.3, 0.4) is 0 Å². The predicted octanol–water partition coefficient (Wildman–Crippen LogP) is 4.43. The van der Waals surface area contributed by atoms with Crippen molar-refractivity contribution < 1.29 is 9.59 Å². The van der Waals surface area contributed by atoms with Crippen molar-refractivity contribution in [2.24, 2.45) is 7.05 Å². The number of aromatic nitrogens is 2. The first-order valence-corrected chi connectivity index (χ1v) is 13.0. The van der Waals surface area contributed by atoms with E-state index in [1.807, 2.05) is 84.5 Å². The maximum atomic E-state index is 13.2. The molecule has 3 atom stereocenters. The Morgan fingerprint density at radius 1 is 0.919 bits per heavy atom. The molecule has 7 heteroatoms. The van der Waals surface area contributed by atoms with E-state index in [0.29, 0.717) is 24.2 Å². The Kier molecular flexibility index (Phi) is 6.12. The molecule has 0 spiro atoms. The lowest BCUT2D eigenvalue weighted by Crippen LogP contribution is -2.50. The molecule has 37 heavy (non-hydrogen) atoms. The van der Waals surface area contributed by atoms with Gasteiger partial charge in [0.2, 0.25) is 0 Å². The fourth-order valence-electron chi connectivity index (χ4n) is 5.99. The van der Waals surface area contributed by atoms with Gasteiger partial charge in [-0.05, 0) is 61.6 Å². The molecule has 6 rings (SSSR count). The van der Waals surface area contributed by atoms with E-state index in [9.17, 15) is 9.59 Å². The van der Waals surface area contributed by atoms with Gasteiger partial charge in [-0.2, -0.15) is 0 Å². The normalized spacial score (nSPS) is 20.7. The summed E-state index contributed by atoms with van der Waals surface area (Å²) in [4.78, 5) is 32.8. The maximum absolute atomic E-state index is 13.2. The number of nitrogens with zero attached hydrogens (tertiary/aromatic N) is 3. The van der Waals surface area contributed by atoms with Crippen LogP contribution in [-0.4, -0.2) is 39.5 Å². The first kappa shape index (κ1) is 23.3. The fourth-order valence-corrected chi connectivity index (χ4v) is 5.99. The van der Waals surface area contributed by atoms with Gasteiger partial charge in [-0.3, -0.25) is 9.59 Å². The fraction of sp³-hybridized carbons (Fsp3) is 0.300. The second-order valence-corrected chi connectivity index (χ2v) is 10.2. The van der Waals surface area contributed by atoms with E-state index >= 15 is 0 Å². The van der Waals surface area contributed by atoms with E-state index in [2.05, 4.69) is 20.5 Å². The molecule has 4 aromatic rings. The quantitative estimate of drug-likeness (QED) is 0.416. The Morgan fingerprint density at radius 3 is 2.43 bits per heavy atom. The highest BCUT2D eigenvalue weighted by Gasteiger charge is 2.41. The van der Waals surface area contributed by atoms with Crippen LogP contribution in [0.25, 0.3) is 10.9 Å². The topological polar surface area (TPSA) is 79.3 Å². The summed E-state index contributed by atoms with van der Waals surface area (Å²) in [6.07, 6.45) is 7.63. The summed E-state index contributed by atoms with van der Waals surface area (Å²) in [5.74, 6) is 0.783. The molecule has 2 N–H and O–H groups in total. The molecule has 0 aliphatic carbocycles. The lowest BCUT2D eigenvalue weighted by atomic mass is 9.96. The molecule has 2 saturated heterocycles. The van der Waals surface area contributed by atoms with Crippen LogP contribution in [0, 0.1) is 0 Å². The Hall–Kier alpha value is -4.13. The van der Waals surface area contributed by atoms with Gasteiger partial charge in [0.1, 0.15) is 5.82 Å². The second-order valence-electron chi connectivity index (χ2n) is 10.2. The predicted molar refractivity (Wildman–Crippen MR) is 145 cm³/mol. The lowest BCUT2D eigenvalue weighted by Gasteiger charge is -2.40. The van der Waals surface area contributed by atoms with Crippen molar-refractivity contribution in [3.8, 4) is 0 Å². The van der Waals surface area contributed by atoms with E-state index in [0.717, 1.165) is 53.5 Å². The van der Waals surface area contributed by atoms with Gasteiger partial charge in [-0.15, -0.1) is 0 Å². The number of piperidine rings is 1. The van der Waals surface area contributed by atoms with Crippen LogP contribution in [0.2, 0.25) is 0 Å². The minimum Gasteiger partial charge on any atom is -0.351 e. The third-order valence-electron chi connectivity index (χ3n) is 7.81. The summed E-state index contributed by atoms with van der Waals surface area (Å²) in [5.41, 5.74) is 3.41. The van der Waals surface area contributed by atoms with Crippen molar-refractivity contribution in [3.63, 3.8) is 0 Å². The van der Waals surface area contributed by atoms with E-state index in [1.54, 1.807) is 6.20 Å². The van der Waals surface area contributed by atoms with E-state index in [1.165, 1.54) is 0 Å². The SMILES string of the molecule is Cn1ccc2c(C(=O)N[C@H]3C[C@H]4CC[C@@H](C3)N4c3ccc(C(=O)NCc4ccccc4)cn3)cccc21. The zero-order chi connectivity index (χ0) is 25.4. The lowest BCUT2D eigenvalue weighted by molar-refractivity contribution is 0.0926.